The monoisotopic (exact) mass is 368 g/mol. The maximum Gasteiger partial charge on any atom is 0.251 e. The predicted molar refractivity (Wildman–Crippen MR) is 103 cm³/mol. The standard InChI is InChI=1S/C21H24N2O4/c1-26-18-9-11-19(12-10-18)27-13-3-6-20(24)22-17-5-2-4-15(14-17)21(25)23-16-7-8-16/h2,4-5,9-12,14,16H,3,6-8,13H2,1H3,(H,22,24)(H,23,25). The molecule has 1 aliphatic carbocycles. The van der Waals surface area contributed by atoms with Gasteiger partial charge in [-0.3, -0.25) is 9.59 Å². The largest absolute Gasteiger partial charge is 0.497 e. The highest BCUT2D eigenvalue weighted by molar-refractivity contribution is 5.97. The highest BCUT2D eigenvalue weighted by atomic mass is 16.5. The lowest BCUT2D eigenvalue weighted by molar-refractivity contribution is -0.116. The van der Waals surface area contributed by atoms with Crippen LogP contribution in [0.1, 0.15) is 36.0 Å². The molecule has 0 radical (unpaired) electrons. The Morgan fingerprint density at radius 1 is 1.07 bits per heavy atom. The molecule has 27 heavy (non-hydrogen) atoms. The third-order valence-electron chi connectivity index (χ3n) is 4.20. The summed E-state index contributed by atoms with van der Waals surface area (Å²) in [5.74, 6) is 1.31. The third-order valence-corrected chi connectivity index (χ3v) is 4.20. The van der Waals surface area contributed by atoms with Crippen LogP contribution in [0.15, 0.2) is 48.5 Å². The normalized spacial score (nSPS) is 12.9. The molecular weight excluding hydrogens is 344 g/mol. The van der Waals surface area contributed by atoms with E-state index in [9.17, 15) is 9.59 Å². The summed E-state index contributed by atoms with van der Waals surface area (Å²) >= 11 is 0. The van der Waals surface area contributed by atoms with Crippen molar-refractivity contribution in [2.45, 2.75) is 31.7 Å². The lowest BCUT2D eigenvalue weighted by Crippen LogP contribution is -2.25. The van der Waals surface area contributed by atoms with Crippen LogP contribution in [-0.2, 0) is 4.79 Å². The van der Waals surface area contributed by atoms with E-state index in [2.05, 4.69) is 10.6 Å². The molecule has 0 saturated heterocycles. The molecule has 2 N–H and O–H groups in total. The zero-order valence-corrected chi connectivity index (χ0v) is 15.4. The average Bonchev–Trinajstić information content (AvgIpc) is 3.50. The van der Waals surface area contributed by atoms with Gasteiger partial charge in [0.1, 0.15) is 11.5 Å². The molecule has 6 nitrogen and oxygen atoms in total. The third kappa shape index (κ3) is 6.02. The molecule has 1 saturated carbocycles. The van der Waals surface area contributed by atoms with E-state index in [4.69, 9.17) is 9.47 Å². The number of methoxy groups -OCH3 is 1. The van der Waals surface area contributed by atoms with Gasteiger partial charge in [0.15, 0.2) is 0 Å². The molecule has 2 amide bonds. The van der Waals surface area contributed by atoms with E-state index in [1.165, 1.54) is 0 Å². The summed E-state index contributed by atoms with van der Waals surface area (Å²) in [5.41, 5.74) is 1.18. The highest BCUT2D eigenvalue weighted by Crippen LogP contribution is 2.20. The minimum absolute atomic E-state index is 0.0958. The Balaban J connectivity index is 1.40. The Morgan fingerprint density at radius 2 is 1.81 bits per heavy atom. The van der Waals surface area contributed by atoms with Crippen LogP contribution in [0.25, 0.3) is 0 Å². The van der Waals surface area contributed by atoms with Gasteiger partial charge in [-0.05, 0) is 61.7 Å². The molecule has 2 aromatic rings. The van der Waals surface area contributed by atoms with Gasteiger partial charge in [-0.15, -0.1) is 0 Å². The number of hydrogen-bond acceptors (Lipinski definition) is 4. The van der Waals surface area contributed by atoms with E-state index in [1.54, 1.807) is 31.4 Å². The first-order chi connectivity index (χ1) is 13.1. The number of benzene rings is 2. The van der Waals surface area contributed by atoms with Crippen LogP contribution < -0.4 is 20.1 Å². The Kier molecular flexibility index (Phi) is 6.30. The van der Waals surface area contributed by atoms with Crippen molar-refractivity contribution >= 4 is 17.5 Å². The second-order valence-corrected chi connectivity index (χ2v) is 6.50. The number of amides is 2. The van der Waals surface area contributed by atoms with E-state index in [1.807, 2.05) is 24.3 Å². The van der Waals surface area contributed by atoms with Crippen LogP contribution in [0.2, 0.25) is 0 Å². The van der Waals surface area contributed by atoms with Crippen molar-refractivity contribution in [1.82, 2.24) is 5.32 Å². The molecule has 0 bridgehead atoms. The minimum atomic E-state index is -0.104. The van der Waals surface area contributed by atoms with Gasteiger partial charge in [-0.1, -0.05) is 6.07 Å². The van der Waals surface area contributed by atoms with E-state index in [0.29, 0.717) is 36.7 Å². The van der Waals surface area contributed by atoms with Crippen molar-refractivity contribution in [3.8, 4) is 11.5 Å². The fourth-order valence-corrected chi connectivity index (χ4v) is 2.55. The lowest BCUT2D eigenvalue weighted by atomic mass is 10.2. The summed E-state index contributed by atoms with van der Waals surface area (Å²) < 4.78 is 10.7. The van der Waals surface area contributed by atoms with Crippen LogP contribution in [0.4, 0.5) is 5.69 Å². The summed E-state index contributed by atoms with van der Waals surface area (Å²) in [6.07, 6.45) is 3.02. The van der Waals surface area contributed by atoms with Gasteiger partial charge in [0.05, 0.1) is 13.7 Å². The molecule has 1 fully saturated rings. The fraction of sp³-hybridized carbons (Fsp3) is 0.333. The molecule has 142 valence electrons. The van der Waals surface area contributed by atoms with Crippen LogP contribution >= 0.6 is 0 Å². The number of hydrogen-bond donors (Lipinski definition) is 2. The van der Waals surface area contributed by atoms with Crippen molar-refractivity contribution in [3.63, 3.8) is 0 Å². The molecule has 0 unspecified atom stereocenters. The van der Waals surface area contributed by atoms with Gasteiger partial charge in [0, 0.05) is 23.7 Å². The lowest BCUT2D eigenvalue weighted by Gasteiger charge is -2.09. The molecular formula is C21H24N2O4. The molecule has 0 atom stereocenters. The smallest absolute Gasteiger partial charge is 0.251 e. The van der Waals surface area contributed by atoms with E-state index < -0.39 is 0 Å². The molecule has 3 rings (SSSR count). The molecule has 0 aromatic heterocycles. The number of anilines is 1. The minimum Gasteiger partial charge on any atom is -0.497 e. The first-order valence-corrected chi connectivity index (χ1v) is 9.11. The van der Waals surface area contributed by atoms with Crippen LogP contribution in [0, 0.1) is 0 Å². The Morgan fingerprint density at radius 3 is 2.52 bits per heavy atom. The van der Waals surface area contributed by atoms with Crippen molar-refractivity contribution in [1.29, 1.82) is 0 Å². The number of nitrogens with one attached hydrogen (secondary N) is 2. The SMILES string of the molecule is COc1ccc(OCCCC(=O)Nc2cccc(C(=O)NC3CC3)c2)cc1. The van der Waals surface area contributed by atoms with Gasteiger partial charge in [0.25, 0.3) is 5.91 Å². The Hall–Kier alpha value is -3.02. The van der Waals surface area contributed by atoms with E-state index in [-0.39, 0.29) is 11.8 Å². The summed E-state index contributed by atoms with van der Waals surface area (Å²) in [6.45, 7) is 0.448. The first kappa shape index (κ1) is 18.8. The summed E-state index contributed by atoms with van der Waals surface area (Å²) in [5, 5.41) is 5.77. The van der Waals surface area contributed by atoms with Crippen LogP contribution in [0.3, 0.4) is 0 Å². The summed E-state index contributed by atoms with van der Waals surface area (Å²) in [4.78, 5) is 24.2. The van der Waals surface area contributed by atoms with Gasteiger partial charge >= 0.3 is 0 Å². The fourth-order valence-electron chi connectivity index (χ4n) is 2.55. The van der Waals surface area contributed by atoms with Gasteiger partial charge in [-0.2, -0.15) is 0 Å². The van der Waals surface area contributed by atoms with E-state index >= 15 is 0 Å². The number of carbonyl (C=O) groups is 2. The maximum atomic E-state index is 12.1. The van der Waals surface area contributed by atoms with Crippen LogP contribution in [-0.4, -0.2) is 31.6 Å². The van der Waals surface area contributed by atoms with Crippen molar-refractivity contribution in [2.24, 2.45) is 0 Å². The first-order valence-electron chi connectivity index (χ1n) is 9.11. The predicted octanol–water partition coefficient (Wildman–Crippen LogP) is 3.39. The molecule has 0 spiro atoms. The van der Waals surface area contributed by atoms with Crippen LogP contribution in [0.5, 0.6) is 11.5 Å². The van der Waals surface area contributed by atoms with Crippen molar-refractivity contribution in [3.05, 3.63) is 54.1 Å². The molecule has 6 heteroatoms. The highest BCUT2D eigenvalue weighted by Gasteiger charge is 2.23. The zero-order valence-electron chi connectivity index (χ0n) is 15.4. The van der Waals surface area contributed by atoms with Gasteiger partial charge in [-0.25, -0.2) is 0 Å². The zero-order chi connectivity index (χ0) is 19.1. The van der Waals surface area contributed by atoms with Gasteiger partial charge < -0.3 is 20.1 Å². The maximum absolute atomic E-state index is 12.1. The number of rotatable bonds is 9. The topological polar surface area (TPSA) is 76.7 Å². The molecule has 1 aliphatic rings. The number of carbonyl (C=O) groups excluding carboxylic acids is 2. The Labute approximate surface area is 158 Å². The van der Waals surface area contributed by atoms with E-state index in [0.717, 1.165) is 24.3 Å². The molecule has 2 aromatic carbocycles. The average molecular weight is 368 g/mol. The molecule has 0 heterocycles. The molecule has 0 aliphatic heterocycles. The summed E-state index contributed by atoms with van der Waals surface area (Å²) in [6, 6.07) is 14.6. The van der Waals surface area contributed by atoms with Gasteiger partial charge in [0.2, 0.25) is 5.91 Å². The van der Waals surface area contributed by atoms with Crippen molar-refractivity contribution in [2.75, 3.05) is 19.0 Å². The second-order valence-electron chi connectivity index (χ2n) is 6.50. The summed E-state index contributed by atoms with van der Waals surface area (Å²) in [7, 11) is 1.61. The van der Waals surface area contributed by atoms with Crippen molar-refractivity contribution < 1.29 is 19.1 Å². The Bertz CT molecular complexity index is 785. The second kappa shape index (κ2) is 9.07. The quantitative estimate of drug-likeness (QED) is 0.665. The number of ether oxygens (including phenoxy) is 2.